The number of para-hydroxylation sites is 1. The summed E-state index contributed by atoms with van der Waals surface area (Å²) in [7, 11) is 0. The second kappa shape index (κ2) is 8.40. The van der Waals surface area contributed by atoms with E-state index in [4.69, 9.17) is 16.1 Å². The summed E-state index contributed by atoms with van der Waals surface area (Å²) in [6.45, 7) is 1.29. The molecular weight excluding hydrogens is 367 g/mol. The third-order valence-electron chi connectivity index (χ3n) is 2.52. The maximum Gasteiger partial charge on any atom is 0.115 e. The van der Waals surface area contributed by atoms with Gasteiger partial charge in [0.1, 0.15) is 5.75 Å². The van der Waals surface area contributed by atoms with Crippen molar-refractivity contribution in [3.8, 4) is 5.75 Å². The smallest absolute Gasteiger partial charge is 0.115 e. The van der Waals surface area contributed by atoms with Gasteiger partial charge in [-0.2, -0.15) is 0 Å². The molecule has 124 valence electrons. The number of hydrogen-bond donors (Lipinski definition) is 5. The molecule has 0 aliphatic heterocycles. The van der Waals surface area contributed by atoms with Crippen LogP contribution in [0.3, 0.4) is 0 Å². The van der Waals surface area contributed by atoms with Crippen LogP contribution in [0.1, 0.15) is 6.92 Å². The number of aromatic hydroxyl groups is 1. The molecule has 0 saturated heterocycles. The standard InChI is InChI=1S/C8H11AsN2O5.C6H6O/c1-5(12)11-6-2-3-8(10)7(4-6)9(13,14)16-15;7-6-4-2-1-3-5-6/h2-4,15H,10H2,1H3,(H,11,12)(H,13,14);1-5,7H. The van der Waals surface area contributed by atoms with Gasteiger partial charge in [0.15, 0.2) is 0 Å². The van der Waals surface area contributed by atoms with E-state index in [1.54, 1.807) is 24.3 Å². The Balaban J connectivity index is 0.000000313. The topological polar surface area (TPSA) is 142 Å². The first kappa shape index (κ1) is 18.8. The van der Waals surface area contributed by atoms with Crippen molar-refractivity contribution in [3.05, 3.63) is 48.5 Å². The van der Waals surface area contributed by atoms with Crippen molar-refractivity contribution in [1.82, 2.24) is 0 Å². The van der Waals surface area contributed by atoms with Gasteiger partial charge in [-0.25, -0.2) is 0 Å². The Hall–Kier alpha value is -2.25. The van der Waals surface area contributed by atoms with Crippen molar-refractivity contribution in [2.24, 2.45) is 0 Å². The van der Waals surface area contributed by atoms with E-state index in [9.17, 15) is 12.6 Å². The molecule has 8 nitrogen and oxygen atoms in total. The van der Waals surface area contributed by atoms with Gasteiger partial charge in [-0.05, 0) is 12.1 Å². The molecule has 0 bridgehead atoms. The van der Waals surface area contributed by atoms with Gasteiger partial charge in [0.05, 0.1) is 0 Å². The van der Waals surface area contributed by atoms with E-state index in [0.717, 1.165) is 0 Å². The van der Waals surface area contributed by atoms with E-state index < -0.39 is 14.2 Å². The number of nitrogens with one attached hydrogen (secondary N) is 1. The van der Waals surface area contributed by atoms with Crippen LogP contribution in [0.15, 0.2) is 48.5 Å². The van der Waals surface area contributed by atoms with Crippen LogP contribution in [-0.2, 0) is 12.4 Å². The molecule has 23 heavy (non-hydrogen) atoms. The summed E-state index contributed by atoms with van der Waals surface area (Å²) >= 11 is -5.00. The van der Waals surface area contributed by atoms with Gasteiger partial charge < -0.3 is 5.11 Å². The van der Waals surface area contributed by atoms with Gasteiger partial charge >= 0.3 is 93.7 Å². The molecule has 2 rings (SSSR count). The van der Waals surface area contributed by atoms with E-state index >= 15 is 0 Å². The van der Waals surface area contributed by atoms with E-state index in [1.165, 1.54) is 25.1 Å². The largest absolute Gasteiger partial charge is 0.508 e. The summed E-state index contributed by atoms with van der Waals surface area (Å²) in [6, 6.07) is 12.7. The number of amides is 1. The average Bonchev–Trinajstić information content (AvgIpc) is 2.50. The van der Waals surface area contributed by atoms with E-state index in [2.05, 4.69) is 9.19 Å². The summed E-state index contributed by atoms with van der Waals surface area (Å²) in [5, 5.41) is 19.4. The molecule has 1 amide bonds. The number of benzene rings is 2. The monoisotopic (exact) mass is 384 g/mol. The third-order valence-corrected chi connectivity index (χ3v) is 5.08. The molecule has 0 heterocycles. The number of rotatable bonds is 3. The van der Waals surface area contributed by atoms with Crippen molar-refractivity contribution in [2.45, 2.75) is 6.92 Å². The average molecular weight is 384 g/mol. The van der Waals surface area contributed by atoms with Crippen molar-refractivity contribution < 1.29 is 26.9 Å². The number of carbonyl (C=O) groups excluding carboxylic acids is 1. The van der Waals surface area contributed by atoms with Crippen molar-refractivity contribution >= 4 is 35.8 Å². The quantitative estimate of drug-likeness (QED) is 0.227. The van der Waals surface area contributed by atoms with Gasteiger partial charge in [0.25, 0.3) is 0 Å². The third kappa shape index (κ3) is 6.17. The summed E-state index contributed by atoms with van der Waals surface area (Å²) < 4.78 is 24.0. The van der Waals surface area contributed by atoms with Crippen LogP contribution in [0.4, 0.5) is 11.4 Å². The van der Waals surface area contributed by atoms with Crippen LogP contribution >= 0.6 is 0 Å². The second-order valence-corrected chi connectivity index (χ2v) is 7.93. The normalized spacial score (nSPS) is 12.5. The predicted octanol–water partition coefficient (Wildman–Crippen LogP) is 0.678. The fraction of sp³-hybridized carbons (Fsp3) is 0.0714. The first-order valence-corrected chi connectivity index (χ1v) is 9.65. The molecule has 6 N–H and O–H groups in total. The number of phenolic OH excluding ortho intramolecular Hbond substituents is 1. The number of anilines is 2. The van der Waals surface area contributed by atoms with Gasteiger partial charge in [-0.3, -0.25) is 0 Å². The van der Waals surface area contributed by atoms with Crippen LogP contribution in [0, 0.1) is 0 Å². The number of phenols is 1. The Labute approximate surface area is 135 Å². The molecule has 2 aromatic rings. The minimum absolute atomic E-state index is 0.00755. The first-order valence-electron chi connectivity index (χ1n) is 6.34. The van der Waals surface area contributed by atoms with Crippen molar-refractivity contribution in [2.75, 3.05) is 11.1 Å². The van der Waals surface area contributed by atoms with E-state index in [0.29, 0.717) is 11.4 Å². The Morgan fingerprint density at radius 2 is 1.83 bits per heavy atom. The number of hydrogen-bond acceptors (Lipinski definition) is 6. The van der Waals surface area contributed by atoms with Crippen LogP contribution < -0.4 is 15.4 Å². The minimum Gasteiger partial charge on any atom is -0.508 e. The Kier molecular flexibility index (Phi) is 6.86. The summed E-state index contributed by atoms with van der Waals surface area (Å²) in [4.78, 5) is 10.8. The van der Waals surface area contributed by atoms with Crippen LogP contribution in [0.5, 0.6) is 5.75 Å². The molecule has 0 fully saturated rings. The van der Waals surface area contributed by atoms with Gasteiger partial charge in [0.2, 0.25) is 0 Å². The predicted molar refractivity (Wildman–Crippen MR) is 85.3 cm³/mol. The molecule has 0 spiro atoms. The van der Waals surface area contributed by atoms with Gasteiger partial charge in [0, 0.05) is 0 Å². The summed E-state index contributed by atoms with van der Waals surface area (Å²) in [5.74, 6) is -0.0109. The number of carbonyl (C=O) groups is 1. The Morgan fingerprint density at radius 3 is 2.26 bits per heavy atom. The molecule has 0 aliphatic carbocycles. The molecule has 1 atom stereocenters. The maximum absolute atomic E-state index is 11.4. The van der Waals surface area contributed by atoms with E-state index in [-0.39, 0.29) is 15.9 Å². The second-order valence-electron chi connectivity index (χ2n) is 4.39. The number of nitrogen functional groups attached to an aromatic ring is 1. The zero-order chi connectivity index (χ0) is 17.5. The fourth-order valence-electron chi connectivity index (χ4n) is 1.54. The molecule has 0 radical (unpaired) electrons. The Morgan fingerprint density at radius 1 is 1.22 bits per heavy atom. The fourth-order valence-corrected chi connectivity index (χ4v) is 3.20. The van der Waals surface area contributed by atoms with Gasteiger partial charge in [-0.1, -0.05) is 18.2 Å². The van der Waals surface area contributed by atoms with Crippen LogP contribution in [0.25, 0.3) is 0 Å². The van der Waals surface area contributed by atoms with Crippen LogP contribution in [-0.4, -0.2) is 34.5 Å². The van der Waals surface area contributed by atoms with Gasteiger partial charge in [-0.15, -0.1) is 0 Å². The number of nitrogens with two attached hydrogens (primary N) is 1. The Bertz CT molecular complexity index is 708. The zero-order valence-corrected chi connectivity index (χ0v) is 14.1. The van der Waals surface area contributed by atoms with E-state index in [1.807, 2.05) is 6.07 Å². The molecule has 9 heteroatoms. The zero-order valence-electron chi connectivity index (χ0n) is 12.2. The van der Waals surface area contributed by atoms with Crippen molar-refractivity contribution in [1.29, 1.82) is 0 Å². The molecule has 2 aromatic carbocycles. The van der Waals surface area contributed by atoms with Crippen LogP contribution in [0.2, 0.25) is 0 Å². The first-order chi connectivity index (χ1) is 10.8. The summed E-state index contributed by atoms with van der Waals surface area (Å²) in [6.07, 6.45) is 0. The maximum atomic E-state index is 11.4. The molecular formula is C14H17AsN2O6. The SMILES string of the molecule is CC(=O)Nc1ccc(N)c([As](=O)(O)OO)c1.Oc1ccccc1. The molecule has 1 unspecified atom stereocenters. The molecule has 0 aromatic heterocycles. The minimum atomic E-state index is -5.00. The molecule has 0 saturated carbocycles. The summed E-state index contributed by atoms with van der Waals surface area (Å²) in [5.41, 5.74) is 5.76. The molecule has 0 aliphatic rings. The van der Waals surface area contributed by atoms with Crippen molar-refractivity contribution in [3.63, 3.8) is 0 Å².